The number of aliphatic hydroxyl groups is 1. The van der Waals surface area contributed by atoms with Gasteiger partial charge in [-0.1, -0.05) is 46.0 Å². The van der Waals surface area contributed by atoms with Crippen molar-refractivity contribution in [1.82, 2.24) is 5.32 Å². The van der Waals surface area contributed by atoms with Gasteiger partial charge >= 0.3 is 0 Å². The Kier molecular flexibility index (Phi) is 7.48. The maximum absolute atomic E-state index is 10.1. The average Bonchev–Trinajstić information content (AvgIpc) is 2.91. The fraction of sp³-hybridized carbons (Fsp3) is 1.00. The predicted octanol–water partition coefficient (Wildman–Crippen LogP) is 3.36. The monoisotopic (exact) mass is 297 g/mol. The SMILES string of the molecule is CCC1CCCCC1OCC(O)CNCC1CCCC1C. The maximum atomic E-state index is 10.1. The lowest BCUT2D eigenvalue weighted by molar-refractivity contribution is -0.0500. The van der Waals surface area contributed by atoms with Crippen LogP contribution in [-0.4, -0.2) is 37.0 Å². The van der Waals surface area contributed by atoms with Gasteiger partial charge in [-0.25, -0.2) is 0 Å². The van der Waals surface area contributed by atoms with E-state index in [4.69, 9.17) is 4.74 Å². The van der Waals surface area contributed by atoms with Gasteiger partial charge in [0.1, 0.15) is 0 Å². The number of ether oxygens (including phenoxy) is 1. The van der Waals surface area contributed by atoms with Crippen LogP contribution in [0, 0.1) is 17.8 Å². The minimum absolute atomic E-state index is 0.360. The first-order valence-electron chi connectivity index (χ1n) is 9.21. The van der Waals surface area contributed by atoms with Crippen LogP contribution in [0.4, 0.5) is 0 Å². The normalized spacial score (nSPS) is 35.0. The van der Waals surface area contributed by atoms with E-state index in [-0.39, 0.29) is 6.10 Å². The van der Waals surface area contributed by atoms with Crippen molar-refractivity contribution in [2.75, 3.05) is 19.7 Å². The van der Waals surface area contributed by atoms with Gasteiger partial charge in [0.2, 0.25) is 0 Å². The van der Waals surface area contributed by atoms with Gasteiger partial charge < -0.3 is 15.2 Å². The molecular weight excluding hydrogens is 262 g/mol. The van der Waals surface area contributed by atoms with Gasteiger partial charge in [-0.2, -0.15) is 0 Å². The van der Waals surface area contributed by atoms with E-state index in [2.05, 4.69) is 19.2 Å². The van der Waals surface area contributed by atoms with Crippen molar-refractivity contribution in [2.45, 2.75) is 77.4 Å². The first kappa shape index (κ1) is 17.2. The van der Waals surface area contributed by atoms with E-state index >= 15 is 0 Å². The lowest BCUT2D eigenvalue weighted by atomic mass is 9.85. The third-order valence-electron chi connectivity index (χ3n) is 5.69. The second-order valence-electron chi connectivity index (χ2n) is 7.30. The molecule has 2 saturated carbocycles. The standard InChI is InChI=1S/C18H35NO2/c1-3-15-8-4-5-10-18(15)21-13-17(20)12-19-11-16-9-6-7-14(16)2/h14-20H,3-13H2,1-2H3. The highest BCUT2D eigenvalue weighted by Crippen LogP contribution is 2.30. The van der Waals surface area contributed by atoms with E-state index in [1.807, 2.05) is 0 Å². The molecule has 0 radical (unpaired) electrons. The predicted molar refractivity (Wildman–Crippen MR) is 87.4 cm³/mol. The first-order chi connectivity index (χ1) is 10.2. The Hall–Kier alpha value is -0.120. The third-order valence-corrected chi connectivity index (χ3v) is 5.69. The van der Waals surface area contributed by atoms with Crippen LogP contribution < -0.4 is 5.32 Å². The van der Waals surface area contributed by atoms with Crippen molar-refractivity contribution in [2.24, 2.45) is 17.8 Å². The summed E-state index contributed by atoms with van der Waals surface area (Å²) in [4.78, 5) is 0. The lowest BCUT2D eigenvalue weighted by Crippen LogP contribution is -2.36. The number of aliphatic hydroxyl groups excluding tert-OH is 1. The Labute approximate surface area is 130 Å². The minimum atomic E-state index is -0.360. The van der Waals surface area contributed by atoms with Gasteiger partial charge in [0.25, 0.3) is 0 Å². The quantitative estimate of drug-likeness (QED) is 0.722. The van der Waals surface area contributed by atoms with Crippen LogP contribution >= 0.6 is 0 Å². The summed E-state index contributed by atoms with van der Waals surface area (Å²) < 4.78 is 6.00. The maximum Gasteiger partial charge on any atom is 0.0897 e. The van der Waals surface area contributed by atoms with Crippen molar-refractivity contribution in [3.05, 3.63) is 0 Å². The van der Waals surface area contributed by atoms with E-state index in [0.717, 1.165) is 18.4 Å². The molecule has 2 aliphatic rings. The molecule has 0 heterocycles. The number of nitrogens with one attached hydrogen (secondary N) is 1. The molecule has 0 aromatic carbocycles. The molecule has 124 valence electrons. The molecule has 0 aromatic rings. The highest BCUT2D eigenvalue weighted by molar-refractivity contribution is 4.77. The van der Waals surface area contributed by atoms with Crippen LogP contribution in [0.25, 0.3) is 0 Å². The third kappa shape index (κ3) is 5.54. The van der Waals surface area contributed by atoms with Crippen LogP contribution in [0.2, 0.25) is 0 Å². The van der Waals surface area contributed by atoms with E-state index in [1.54, 1.807) is 0 Å². The Morgan fingerprint density at radius 3 is 2.57 bits per heavy atom. The highest BCUT2D eigenvalue weighted by atomic mass is 16.5. The molecule has 0 amide bonds. The van der Waals surface area contributed by atoms with Crippen molar-refractivity contribution in [3.8, 4) is 0 Å². The van der Waals surface area contributed by atoms with Gasteiger partial charge in [0, 0.05) is 6.54 Å². The summed E-state index contributed by atoms with van der Waals surface area (Å²) >= 11 is 0. The van der Waals surface area contributed by atoms with Crippen molar-refractivity contribution >= 4 is 0 Å². The molecular formula is C18H35NO2. The summed E-state index contributed by atoms with van der Waals surface area (Å²) in [7, 11) is 0. The van der Waals surface area contributed by atoms with Gasteiger partial charge in [0.15, 0.2) is 0 Å². The second-order valence-corrected chi connectivity index (χ2v) is 7.30. The van der Waals surface area contributed by atoms with Gasteiger partial charge in [-0.05, 0) is 43.6 Å². The Morgan fingerprint density at radius 2 is 1.86 bits per heavy atom. The molecule has 5 unspecified atom stereocenters. The summed E-state index contributed by atoms with van der Waals surface area (Å²) in [6.45, 7) is 6.83. The Bertz CT molecular complexity index is 284. The molecule has 2 rings (SSSR count). The summed E-state index contributed by atoms with van der Waals surface area (Å²) in [6, 6.07) is 0. The molecule has 0 bridgehead atoms. The fourth-order valence-electron chi connectivity index (χ4n) is 4.11. The molecule has 0 spiro atoms. The highest BCUT2D eigenvalue weighted by Gasteiger charge is 2.25. The number of hydrogen-bond donors (Lipinski definition) is 2. The molecule has 0 saturated heterocycles. The van der Waals surface area contributed by atoms with Crippen LogP contribution in [-0.2, 0) is 4.74 Å². The molecule has 0 aromatic heterocycles. The summed E-state index contributed by atoms with van der Waals surface area (Å²) in [5.41, 5.74) is 0. The molecule has 3 heteroatoms. The van der Waals surface area contributed by atoms with Crippen LogP contribution in [0.5, 0.6) is 0 Å². The minimum Gasteiger partial charge on any atom is -0.389 e. The zero-order chi connectivity index (χ0) is 15.1. The van der Waals surface area contributed by atoms with Crippen LogP contribution in [0.1, 0.15) is 65.2 Å². The zero-order valence-corrected chi connectivity index (χ0v) is 14.0. The van der Waals surface area contributed by atoms with Crippen molar-refractivity contribution < 1.29 is 9.84 Å². The van der Waals surface area contributed by atoms with E-state index in [9.17, 15) is 5.11 Å². The second kappa shape index (κ2) is 9.12. The molecule has 0 aliphatic heterocycles. The van der Waals surface area contributed by atoms with Crippen molar-refractivity contribution in [3.63, 3.8) is 0 Å². The first-order valence-corrected chi connectivity index (χ1v) is 9.21. The summed E-state index contributed by atoms with van der Waals surface area (Å²) in [5.74, 6) is 2.36. The number of rotatable bonds is 8. The summed E-state index contributed by atoms with van der Waals surface area (Å²) in [5, 5.41) is 13.5. The zero-order valence-electron chi connectivity index (χ0n) is 14.0. The smallest absolute Gasteiger partial charge is 0.0897 e. The van der Waals surface area contributed by atoms with Crippen molar-refractivity contribution in [1.29, 1.82) is 0 Å². The van der Waals surface area contributed by atoms with Crippen LogP contribution in [0.15, 0.2) is 0 Å². The largest absolute Gasteiger partial charge is 0.389 e. The molecule has 2 fully saturated rings. The van der Waals surface area contributed by atoms with Gasteiger partial charge in [-0.15, -0.1) is 0 Å². The Balaban J connectivity index is 1.57. The molecule has 2 aliphatic carbocycles. The van der Waals surface area contributed by atoms with E-state index < -0.39 is 0 Å². The van der Waals surface area contributed by atoms with E-state index in [1.165, 1.54) is 51.4 Å². The number of hydrogen-bond acceptors (Lipinski definition) is 3. The molecule has 3 nitrogen and oxygen atoms in total. The average molecular weight is 297 g/mol. The van der Waals surface area contributed by atoms with E-state index in [0.29, 0.717) is 25.2 Å². The fourth-order valence-corrected chi connectivity index (χ4v) is 4.11. The Morgan fingerprint density at radius 1 is 1.10 bits per heavy atom. The topological polar surface area (TPSA) is 41.5 Å². The van der Waals surface area contributed by atoms with Crippen LogP contribution in [0.3, 0.4) is 0 Å². The molecule has 2 N–H and O–H groups in total. The molecule has 5 atom stereocenters. The summed E-state index contributed by atoms with van der Waals surface area (Å²) in [6.07, 6.45) is 10.4. The van der Waals surface area contributed by atoms with Gasteiger partial charge in [0.05, 0.1) is 18.8 Å². The molecule has 21 heavy (non-hydrogen) atoms. The van der Waals surface area contributed by atoms with Gasteiger partial charge in [-0.3, -0.25) is 0 Å². The lowest BCUT2D eigenvalue weighted by Gasteiger charge is -2.31.